The summed E-state index contributed by atoms with van der Waals surface area (Å²) in [6.07, 6.45) is -1.22. The maximum Gasteiger partial charge on any atom is 0.416 e. The maximum atomic E-state index is 12.9. The van der Waals surface area contributed by atoms with Crippen LogP contribution in [0.3, 0.4) is 0 Å². The van der Waals surface area contributed by atoms with E-state index in [0.29, 0.717) is 21.3 Å². The van der Waals surface area contributed by atoms with Crippen LogP contribution in [-0.2, 0) is 6.18 Å². The van der Waals surface area contributed by atoms with Crippen LogP contribution in [0.25, 0.3) is 0 Å². The second kappa shape index (κ2) is 6.34. The van der Waals surface area contributed by atoms with Crippen molar-refractivity contribution in [3.05, 3.63) is 51.5 Å². The Morgan fingerprint density at radius 2 is 1.77 bits per heavy atom. The fourth-order valence-electron chi connectivity index (χ4n) is 2.36. The van der Waals surface area contributed by atoms with Crippen LogP contribution >= 0.6 is 34.8 Å². The van der Waals surface area contributed by atoms with Crippen molar-refractivity contribution >= 4 is 40.5 Å². The largest absolute Gasteiger partial charge is 0.416 e. The van der Waals surface area contributed by atoms with Gasteiger partial charge in [0.15, 0.2) is 0 Å². The SMILES string of the molecule is CN(C)c1cc(C(F)(F)F)ccc1C1C(Cl)=CC(Cl)=CC1Cl. The molecular weight excluding hydrogens is 358 g/mol. The fraction of sp³-hybridized carbons (Fsp3) is 0.333. The molecule has 0 N–H and O–H groups in total. The van der Waals surface area contributed by atoms with E-state index in [1.54, 1.807) is 31.1 Å². The van der Waals surface area contributed by atoms with Crippen LogP contribution in [0.15, 0.2) is 40.4 Å². The first-order valence-electron chi connectivity index (χ1n) is 6.38. The van der Waals surface area contributed by atoms with Gasteiger partial charge in [0, 0.05) is 35.8 Å². The molecule has 0 fully saturated rings. The lowest BCUT2D eigenvalue weighted by atomic mass is 9.89. The third-order valence-corrected chi connectivity index (χ3v) is 4.34. The predicted octanol–water partition coefficient (Wildman–Crippen LogP) is 5.72. The Labute approximate surface area is 141 Å². The molecule has 2 atom stereocenters. The molecule has 7 heteroatoms. The van der Waals surface area contributed by atoms with Crippen LogP contribution in [0.2, 0.25) is 0 Å². The lowest BCUT2D eigenvalue weighted by molar-refractivity contribution is -0.137. The average molecular weight is 371 g/mol. The van der Waals surface area contributed by atoms with E-state index >= 15 is 0 Å². The molecule has 2 unspecified atom stereocenters. The van der Waals surface area contributed by atoms with Gasteiger partial charge in [-0.2, -0.15) is 13.2 Å². The van der Waals surface area contributed by atoms with Crippen LogP contribution < -0.4 is 4.90 Å². The van der Waals surface area contributed by atoms with Crippen molar-refractivity contribution < 1.29 is 13.2 Å². The van der Waals surface area contributed by atoms with Gasteiger partial charge in [-0.25, -0.2) is 0 Å². The summed E-state index contributed by atoms with van der Waals surface area (Å²) >= 11 is 18.4. The summed E-state index contributed by atoms with van der Waals surface area (Å²) in [5.74, 6) is -0.439. The summed E-state index contributed by atoms with van der Waals surface area (Å²) in [5, 5.41) is 0.287. The Morgan fingerprint density at radius 3 is 2.27 bits per heavy atom. The minimum absolute atomic E-state index is 0.398. The van der Waals surface area contributed by atoms with Crippen LogP contribution in [0.5, 0.6) is 0 Å². The predicted molar refractivity (Wildman–Crippen MR) is 86.0 cm³/mol. The van der Waals surface area contributed by atoms with E-state index in [-0.39, 0.29) is 0 Å². The van der Waals surface area contributed by atoms with Crippen LogP contribution in [0.4, 0.5) is 18.9 Å². The Hall–Kier alpha value is -0.840. The molecule has 0 aliphatic heterocycles. The molecule has 22 heavy (non-hydrogen) atoms. The van der Waals surface area contributed by atoms with Crippen molar-refractivity contribution in [3.8, 4) is 0 Å². The van der Waals surface area contributed by atoms with Gasteiger partial charge in [-0.3, -0.25) is 0 Å². The quantitative estimate of drug-likeness (QED) is 0.602. The van der Waals surface area contributed by atoms with Gasteiger partial charge < -0.3 is 4.90 Å². The van der Waals surface area contributed by atoms with Gasteiger partial charge in [0.25, 0.3) is 0 Å². The molecule has 0 aromatic heterocycles. The number of allylic oxidation sites excluding steroid dienone is 4. The number of halogens is 6. The van der Waals surface area contributed by atoms with E-state index < -0.39 is 23.0 Å². The highest BCUT2D eigenvalue weighted by atomic mass is 35.5. The van der Waals surface area contributed by atoms with Crippen molar-refractivity contribution in [2.45, 2.75) is 17.5 Å². The topological polar surface area (TPSA) is 3.24 Å². The van der Waals surface area contributed by atoms with Crippen LogP contribution in [-0.4, -0.2) is 19.5 Å². The minimum Gasteiger partial charge on any atom is -0.377 e. The van der Waals surface area contributed by atoms with Crippen LogP contribution in [0.1, 0.15) is 17.0 Å². The van der Waals surface area contributed by atoms with Gasteiger partial charge in [0.05, 0.1) is 10.9 Å². The van der Waals surface area contributed by atoms with E-state index in [9.17, 15) is 13.2 Å². The molecule has 0 spiro atoms. The monoisotopic (exact) mass is 369 g/mol. The standard InChI is InChI=1S/C15H13Cl3F3N/c1-22(2)13-5-8(15(19,20)21)3-4-10(13)14-11(17)6-9(16)7-12(14)18/h3-7,11,14H,1-2H3. The first-order chi connectivity index (χ1) is 10.1. The van der Waals surface area contributed by atoms with E-state index in [4.69, 9.17) is 34.8 Å². The second-order valence-corrected chi connectivity index (χ2v) is 6.55. The van der Waals surface area contributed by atoms with Gasteiger partial charge >= 0.3 is 6.18 Å². The third kappa shape index (κ3) is 3.55. The molecule has 0 amide bonds. The summed E-state index contributed by atoms with van der Waals surface area (Å²) in [5.41, 5.74) is 0.332. The molecule has 2 rings (SSSR count). The minimum atomic E-state index is -4.40. The molecule has 1 aliphatic carbocycles. The average Bonchev–Trinajstić information content (AvgIpc) is 2.36. The van der Waals surface area contributed by atoms with Gasteiger partial charge in [-0.1, -0.05) is 29.3 Å². The van der Waals surface area contributed by atoms with Crippen LogP contribution in [0, 0.1) is 0 Å². The van der Waals surface area contributed by atoms with Gasteiger partial charge in [0.2, 0.25) is 0 Å². The zero-order valence-electron chi connectivity index (χ0n) is 11.8. The number of nitrogens with zero attached hydrogens (tertiary/aromatic N) is 1. The van der Waals surface area contributed by atoms with Gasteiger partial charge in [-0.15, -0.1) is 11.6 Å². The van der Waals surface area contributed by atoms with E-state index in [2.05, 4.69) is 0 Å². The highest BCUT2D eigenvalue weighted by Gasteiger charge is 2.34. The summed E-state index contributed by atoms with van der Waals surface area (Å²) in [6.45, 7) is 0. The van der Waals surface area contributed by atoms with Crippen molar-refractivity contribution in [3.63, 3.8) is 0 Å². The van der Waals surface area contributed by atoms with Crippen molar-refractivity contribution in [1.82, 2.24) is 0 Å². The summed E-state index contributed by atoms with van der Waals surface area (Å²) < 4.78 is 38.7. The highest BCUT2D eigenvalue weighted by Crippen LogP contribution is 2.44. The molecule has 0 heterocycles. The molecule has 1 aromatic rings. The molecule has 0 saturated carbocycles. The van der Waals surface area contributed by atoms with Crippen molar-refractivity contribution in [1.29, 1.82) is 0 Å². The summed E-state index contributed by atoms with van der Waals surface area (Å²) in [6, 6.07) is 3.56. The Kier molecular flexibility index (Phi) is 5.05. The number of hydrogen-bond acceptors (Lipinski definition) is 1. The van der Waals surface area contributed by atoms with Gasteiger partial charge in [-0.05, 0) is 29.8 Å². The molecule has 0 bridgehead atoms. The molecule has 1 aliphatic rings. The zero-order valence-corrected chi connectivity index (χ0v) is 14.0. The Bertz CT molecular complexity index is 635. The number of hydrogen-bond donors (Lipinski definition) is 0. The summed E-state index contributed by atoms with van der Waals surface area (Å²) in [7, 11) is 3.34. The zero-order chi connectivity index (χ0) is 16.7. The Morgan fingerprint density at radius 1 is 1.14 bits per heavy atom. The number of rotatable bonds is 2. The molecule has 1 aromatic carbocycles. The molecule has 0 saturated heterocycles. The number of alkyl halides is 4. The highest BCUT2D eigenvalue weighted by molar-refractivity contribution is 6.37. The molecule has 1 nitrogen and oxygen atoms in total. The maximum absolute atomic E-state index is 12.9. The third-order valence-electron chi connectivity index (χ3n) is 3.38. The normalized spacial score (nSPS) is 22.2. The van der Waals surface area contributed by atoms with E-state index in [1.165, 1.54) is 6.07 Å². The van der Waals surface area contributed by atoms with Crippen molar-refractivity contribution in [2.24, 2.45) is 0 Å². The lowest BCUT2D eigenvalue weighted by Gasteiger charge is -2.28. The number of benzene rings is 1. The lowest BCUT2D eigenvalue weighted by Crippen LogP contribution is -2.20. The fourth-order valence-corrected chi connectivity index (χ4v) is 3.58. The van der Waals surface area contributed by atoms with Crippen molar-refractivity contribution in [2.75, 3.05) is 19.0 Å². The molecular formula is C15H13Cl3F3N. The number of anilines is 1. The molecule has 120 valence electrons. The van der Waals surface area contributed by atoms with E-state index in [1.807, 2.05) is 0 Å². The first-order valence-corrected chi connectivity index (χ1v) is 7.57. The first kappa shape index (κ1) is 17.5. The van der Waals surface area contributed by atoms with E-state index in [0.717, 1.165) is 12.1 Å². The van der Waals surface area contributed by atoms with Gasteiger partial charge in [0.1, 0.15) is 0 Å². The second-order valence-electron chi connectivity index (χ2n) is 5.17. The smallest absolute Gasteiger partial charge is 0.377 e. The molecule has 0 radical (unpaired) electrons. The Balaban J connectivity index is 2.54. The summed E-state index contributed by atoms with van der Waals surface area (Å²) in [4.78, 5) is 1.61.